The fourth-order valence-electron chi connectivity index (χ4n) is 3.43. The van der Waals surface area contributed by atoms with Gasteiger partial charge in [-0.3, -0.25) is 0 Å². The molecule has 0 amide bonds. The molecule has 5 heteroatoms. The highest BCUT2D eigenvalue weighted by atomic mass is 19.1. The van der Waals surface area contributed by atoms with Crippen LogP contribution in [0.3, 0.4) is 0 Å². The molecule has 1 unspecified atom stereocenters. The van der Waals surface area contributed by atoms with Gasteiger partial charge in [-0.2, -0.15) is 0 Å². The molecule has 3 aromatic rings. The molecule has 0 saturated heterocycles. The minimum absolute atomic E-state index is 0.161. The van der Waals surface area contributed by atoms with Crippen LogP contribution >= 0.6 is 0 Å². The zero-order valence-electron chi connectivity index (χ0n) is 14.4. The fraction of sp³-hybridized carbons (Fsp3) is 0.238. The number of rotatable bonds is 5. The molecule has 4 nitrogen and oxygen atoms in total. The maximum atomic E-state index is 14.2. The van der Waals surface area contributed by atoms with Crippen molar-refractivity contribution in [2.75, 3.05) is 0 Å². The van der Waals surface area contributed by atoms with E-state index in [1.165, 1.54) is 6.07 Å². The summed E-state index contributed by atoms with van der Waals surface area (Å²) in [5.41, 5.74) is 3.46. The predicted octanol–water partition coefficient (Wildman–Crippen LogP) is 4.21. The van der Waals surface area contributed by atoms with E-state index in [0.29, 0.717) is 13.0 Å². The minimum Gasteiger partial charge on any atom is -0.391 e. The van der Waals surface area contributed by atoms with Crippen LogP contribution < -0.4 is 0 Å². The van der Waals surface area contributed by atoms with E-state index < -0.39 is 0 Å². The van der Waals surface area contributed by atoms with Crippen molar-refractivity contribution >= 4 is 5.71 Å². The second-order valence-corrected chi connectivity index (χ2v) is 6.50. The van der Waals surface area contributed by atoms with E-state index in [0.717, 1.165) is 35.4 Å². The lowest BCUT2D eigenvalue weighted by atomic mass is 9.82. The topological polar surface area (TPSA) is 39.4 Å². The standard InChI is InChI=1S/C21H20FN3O/c22-20-8-4-7-19-18(20)10-9-17(13-25-12-11-23-15-25)21(19)24-26-14-16-5-2-1-3-6-16/h1-8,11-12,15,17H,9-10,13-14H2/b24-21-. The van der Waals surface area contributed by atoms with Gasteiger partial charge in [-0.25, -0.2) is 9.37 Å². The summed E-state index contributed by atoms with van der Waals surface area (Å²) in [6.07, 6.45) is 7.03. The average Bonchev–Trinajstić information content (AvgIpc) is 3.17. The van der Waals surface area contributed by atoms with Crippen LogP contribution in [0, 0.1) is 11.7 Å². The molecule has 2 aromatic carbocycles. The van der Waals surface area contributed by atoms with Gasteiger partial charge in [0.25, 0.3) is 0 Å². The fourth-order valence-corrected chi connectivity index (χ4v) is 3.43. The summed E-state index contributed by atoms with van der Waals surface area (Å²) < 4.78 is 16.3. The van der Waals surface area contributed by atoms with Gasteiger partial charge in [-0.05, 0) is 30.0 Å². The van der Waals surface area contributed by atoms with Gasteiger partial charge >= 0.3 is 0 Å². The summed E-state index contributed by atoms with van der Waals surface area (Å²) in [5, 5.41) is 4.44. The number of aromatic nitrogens is 2. The van der Waals surface area contributed by atoms with E-state index in [2.05, 4.69) is 10.1 Å². The molecule has 0 saturated carbocycles. The third-order valence-corrected chi connectivity index (χ3v) is 4.75. The quantitative estimate of drug-likeness (QED) is 0.648. The van der Waals surface area contributed by atoms with Gasteiger partial charge in [0.05, 0.1) is 12.0 Å². The van der Waals surface area contributed by atoms with Gasteiger partial charge < -0.3 is 9.40 Å². The van der Waals surface area contributed by atoms with Crippen LogP contribution in [-0.2, 0) is 24.4 Å². The summed E-state index contributed by atoms with van der Waals surface area (Å²) in [6.45, 7) is 1.15. The van der Waals surface area contributed by atoms with Crippen molar-refractivity contribution in [1.82, 2.24) is 9.55 Å². The summed E-state index contributed by atoms with van der Waals surface area (Å²) in [7, 11) is 0. The Bertz CT molecular complexity index is 891. The van der Waals surface area contributed by atoms with Crippen LogP contribution in [0.4, 0.5) is 4.39 Å². The lowest BCUT2D eigenvalue weighted by Crippen LogP contribution is -2.28. The Labute approximate surface area is 151 Å². The van der Waals surface area contributed by atoms with Gasteiger partial charge in [0.2, 0.25) is 0 Å². The lowest BCUT2D eigenvalue weighted by Gasteiger charge is -2.26. The van der Waals surface area contributed by atoms with E-state index in [4.69, 9.17) is 4.84 Å². The first-order chi connectivity index (χ1) is 12.8. The van der Waals surface area contributed by atoms with Crippen molar-refractivity contribution in [3.63, 3.8) is 0 Å². The van der Waals surface area contributed by atoms with E-state index in [1.807, 2.05) is 47.2 Å². The highest BCUT2D eigenvalue weighted by molar-refractivity contribution is 6.04. The van der Waals surface area contributed by atoms with E-state index in [9.17, 15) is 4.39 Å². The third-order valence-electron chi connectivity index (χ3n) is 4.75. The largest absolute Gasteiger partial charge is 0.391 e. The normalized spacial score (nSPS) is 17.9. The van der Waals surface area contributed by atoms with Gasteiger partial charge in [-0.15, -0.1) is 0 Å². The van der Waals surface area contributed by atoms with Gasteiger partial charge in [0.15, 0.2) is 0 Å². The number of benzene rings is 2. The second-order valence-electron chi connectivity index (χ2n) is 6.50. The molecular weight excluding hydrogens is 329 g/mol. The van der Waals surface area contributed by atoms with Gasteiger partial charge in [0, 0.05) is 30.4 Å². The lowest BCUT2D eigenvalue weighted by molar-refractivity contribution is 0.128. The highest BCUT2D eigenvalue weighted by Gasteiger charge is 2.28. The van der Waals surface area contributed by atoms with Crippen LogP contribution in [0.1, 0.15) is 23.1 Å². The van der Waals surface area contributed by atoms with Crippen molar-refractivity contribution in [2.24, 2.45) is 11.1 Å². The molecule has 1 aliphatic rings. The molecule has 0 N–H and O–H groups in total. The van der Waals surface area contributed by atoms with Crippen LogP contribution in [0.2, 0.25) is 0 Å². The highest BCUT2D eigenvalue weighted by Crippen LogP contribution is 2.29. The zero-order valence-corrected chi connectivity index (χ0v) is 14.4. The molecule has 26 heavy (non-hydrogen) atoms. The van der Waals surface area contributed by atoms with Crippen LogP contribution in [0.5, 0.6) is 0 Å². The molecule has 1 aliphatic carbocycles. The first-order valence-corrected chi connectivity index (χ1v) is 8.78. The van der Waals surface area contributed by atoms with Crippen molar-refractivity contribution in [2.45, 2.75) is 26.0 Å². The maximum Gasteiger partial charge on any atom is 0.142 e. The van der Waals surface area contributed by atoms with Crippen molar-refractivity contribution in [1.29, 1.82) is 0 Å². The molecule has 1 atom stereocenters. The molecule has 0 aliphatic heterocycles. The molecule has 0 bridgehead atoms. The smallest absolute Gasteiger partial charge is 0.142 e. The summed E-state index contributed by atoms with van der Waals surface area (Å²) in [5.74, 6) is -0.00591. The third kappa shape index (κ3) is 3.52. The van der Waals surface area contributed by atoms with E-state index in [1.54, 1.807) is 18.6 Å². The van der Waals surface area contributed by atoms with Crippen molar-refractivity contribution in [3.8, 4) is 0 Å². The SMILES string of the molecule is Fc1cccc2c1CCC(Cn1ccnc1)/C2=N/OCc1ccccc1. The second kappa shape index (κ2) is 7.52. The summed E-state index contributed by atoms with van der Waals surface area (Å²) in [4.78, 5) is 9.75. The predicted molar refractivity (Wildman–Crippen MR) is 98.2 cm³/mol. The Morgan fingerprint density at radius 3 is 2.85 bits per heavy atom. The number of hydrogen-bond acceptors (Lipinski definition) is 3. The molecule has 4 rings (SSSR count). The van der Waals surface area contributed by atoms with Crippen LogP contribution in [0.15, 0.2) is 72.4 Å². The number of fused-ring (bicyclic) bond motifs is 1. The molecule has 0 radical (unpaired) electrons. The monoisotopic (exact) mass is 349 g/mol. The molecule has 0 fully saturated rings. The Morgan fingerprint density at radius 1 is 1.15 bits per heavy atom. The number of nitrogens with zero attached hydrogens (tertiary/aromatic N) is 3. The first-order valence-electron chi connectivity index (χ1n) is 8.78. The molecule has 1 heterocycles. The van der Waals surface area contributed by atoms with Crippen molar-refractivity contribution < 1.29 is 9.23 Å². The Balaban J connectivity index is 1.61. The number of hydrogen-bond donors (Lipinski definition) is 0. The average molecular weight is 349 g/mol. The summed E-state index contributed by atoms with van der Waals surface area (Å²) in [6, 6.07) is 15.1. The molecule has 0 spiro atoms. The van der Waals surface area contributed by atoms with Crippen molar-refractivity contribution in [3.05, 3.63) is 89.8 Å². The van der Waals surface area contributed by atoms with Gasteiger partial charge in [0.1, 0.15) is 12.4 Å². The Kier molecular flexibility index (Phi) is 4.78. The Hall–Kier alpha value is -2.95. The van der Waals surface area contributed by atoms with E-state index in [-0.39, 0.29) is 11.7 Å². The minimum atomic E-state index is -0.167. The zero-order chi connectivity index (χ0) is 17.8. The number of halogens is 1. The van der Waals surface area contributed by atoms with Crippen LogP contribution in [0.25, 0.3) is 0 Å². The van der Waals surface area contributed by atoms with Gasteiger partial charge in [-0.1, -0.05) is 47.6 Å². The number of imidazole rings is 1. The summed E-state index contributed by atoms with van der Waals surface area (Å²) >= 11 is 0. The molecule has 1 aromatic heterocycles. The molecule has 132 valence electrons. The van der Waals surface area contributed by atoms with E-state index >= 15 is 0 Å². The maximum absolute atomic E-state index is 14.2. The molecular formula is C21H20FN3O. The van der Waals surface area contributed by atoms with Crippen LogP contribution in [-0.4, -0.2) is 15.3 Å². The first kappa shape index (κ1) is 16.5. The Morgan fingerprint density at radius 2 is 2.04 bits per heavy atom. The number of oxime groups is 1.